The first-order valence-corrected chi connectivity index (χ1v) is 5.27. The number of aliphatic hydroxyl groups is 2. The first-order chi connectivity index (χ1) is 7.26. The van der Waals surface area contributed by atoms with Gasteiger partial charge in [-0.15, -0.1) is 0 Å². The molecule has 3 nitrogen and oxygen atoms in total. The summed E-state index contributed by atoms with van der Waals surface area (Å²) in [5, 5.41) is 17.7. The Balaban J connectivity index is 2.42. The number of hydrogen-bond acceptors (Lipinski definition) is 3. The van der Waals surface area contributed by atoms with Gasteiger partial charge in [-0.2, -0.15) is 0 Å². The Bertz CT molecular complexity index is 269. The van der Waals surface area contributed by atoms with Crippen molar-refractivity contribution in [2.45, 2.75) is 25.9 Å². The summed E-state index contributed by atoms with van der Waals surface area (Å²) in [7, 11) is 0. The van der Waals surface area contributed by atoms with E-state index in [1.165, 1.54) is 5.56 Å². The number of aliphatic hydroxyl groups excluding tert-OH is 2. The van der Waals surface area contributed by atoms with Gasteiger partial charge in [0.2, 0.25) is 0 Å². The molecule has 0 aromatic heterocycles. The number of hydrogen-bond donors (Lipinski definition) is 2. The fourth-order valence-electron chi connectivity index (χ4n) is 1.29. The van der Waals surface area contributed by atoms with E-state index >= 15 is 0 Å². The summed E-state index contributed by atoms with van der Waals surface area (Å²) in [4.78, 5) is 0. The first-order valence-electron chi connectivity index (χ1n) is 5.27. The van der Waals surface area contributed by atoms with Gasteiger partial charge in [-0.25, -0.2) is 0 Å². The highest BCUT2D eigenvalue weighted by Crippen LogP contribution is 2.13. The molecule has 1 aromatic rings. The third kappa shape index (κ3) is 4.32. The lowest BCUT2D eigenvalue weighted by Gasteiger charge is -2.10. The fourth-order valence-corrected chi connectivity index (χ4v) is 1.29. The van der Waals surface area contributed by atoms with Gasteiger partial charge in [-0.05, 0) is 24.1 Å². The summed E-state index contributed by atoms with van der Waals surface area (Å²) in [6, 6.07) is 7.80. The molecule has 0 saturated carbocycles. The van der Waals surface area contributed by atoms with Crippen LogP contribution in [0.1, 0.15) is 18.9 Å². The van der Waals surface area contributed by atoms with Gasteiger partial charge in [0.15, 0.2) is 0 Å². The smallest absolute Gasteiger partial charge is 0.119 e. The van der Waals surface area contributed by atoms with Gasteiger partial charge >= 0.3 is 0 Å². The van der Waals surface area contributed by atoms with Crippen LogP contribution >= 0.6 is 0 Å². The maximum atomic E-state index is 9.08. The summed E-state index contributed by atoms with van der Waals surface area (Å²) < 4.78 is 5.28. The molecule has 2 N–H and O–H groups in total. The summed E-state index contributed by atoms with van der Waals surface area (Å²) in [6.07, 6.45) is 1.39. The highest BCUT2D eigenvalue weighted by atomic mass is 16.5. The zero-order valence-corrected chi connectivity index (χ0v) is 9.02. The Hall–Kier alpha value is -1.06. The third-order valence-corrected chi connectivity index (χ3v) is 2.12. The average Bonchev–Trinajstić information content (AvgIpc) is 2.28. The summed E-state index contributed by atoms with van der Waals surface area (Å²) in [5.74, 6) is 0.724. The van der Waals surface area contributed by atoms with Crippen LogP contribution in [-0.2, 0) is 6.42 Å². The Morgan fingerprint density at radius 1 is 1.27 bits per heavy atom. The van der Waals surface area contributed by atoms with Crippen molar-refractivity contribution in [3.8, 4) is 5.75 Å². The van der Waals surface area contributed by atoms with E-state index in [9.17, 15) is 0 Å². The number of benzene rings is 1. The van der Waals surface area contributed by atoms with Crippen molar-refractivity contribution in [1.82, 2.24) is 0 Å². The minimum atomic E-state index is -0.805. The van der Waals surface area contributed by atoms with Crippen molar-refractivity contribution in [2.24, 2.45) is 0 Å². The molecule has 0 aliphatic heterocycles. The largest absolute Gasteiger partial charge is 0.491 e. The molecule has 0 bridgehead atoms. The van der Waals surface area contributed by atoms with Crippen LogP contribution in [0.3, 0.4) is 0 Å². The molecular formula is C12H18O3. The maximum Gasteiger partial charge on any atom is 0.119 e. The number of ether oxygens (including phenoxy) is 1. The Kier molecular flexibility index (Phi) is 5.15. The molecule has 1 rings (SSSR count). The van der Waals surface area contributed by atoms with E-state index in [4.69, 9.17) is 14.9 Å². The second-order valence-corrected chi connectivity index (χ2v) is 3.54. The highest BCUT2D eigenvalue weighted by molar-refractivity contribution is 5.27. The second-order valence-electron chi connectivity index (χ2n) is 3.54. The van der Waals surface area contributed by atoms with Crippen LogP contribution in [0.2, 0.25) is 0 Å². The predicted octanol–water partition coefficient (Wildman–Crippen LogP) is 1.37. The molecule has 0 aliphatic rings. The van der Waals surface area contributed by atoms with Crippen LogP contribution in [0.5, 0.6) is 5.75 Å². The lowest BCUT2D eigenvalue weighted by Crippen LogP contribution is -2.21. The molecule has 0 amide bonds. The number of rotatable bonds is 6. The SMILES string of the molecule is CCCc1ccc(OCC(O)CO)cc1. The molecular weight excluding hydrogens is 192 g/mol. The van der Waals surface area contributed by atoms with Crippen molar-refractivity contribution in [3.63, 3.8) is 0 Å². The molecule has 0 fully saturated rings. The summed E-state index contributed by atoms with van der Waals surface area (Å²) in [6.45, 7) is 2.00. The van der Waals surface area contributed by atoms with Gasteiger partial charge in [0, 0.05) is 0 Å². The van der Waals surface area contributed by atoms with E-state index in [1.807, 2.05) is 24.3 Å². The fraction of sp³-hybridized carbons (Fsp3) is 0.500. The molecule has 1 aromatic carbocycles. The highest BCUT2D eigenvalue weighted by Gasteiger charge is 2.02. The Morgan fingerprint density at radius 2 is 1.93 bits per heavy atom. The molecule has 0 radical (unpaired) electrons. The zero-order valence-electron chi connectivity index (χ0n) is 9.02. The Morgan fingerprint density at radius 3 is 2.47 bits per heavy atom. The van der Waals surface area contributed by atoms with Gasteiger partial charge in [0.05, 0.1) is 6.61 Å². The third-order valence-electron chi connectivity index (χ3n) is 2.12. The van der Waals surface area contributed by atoms with E-state index in [0.717, 1.165) is 18.6 Å². The van der Waals surface area contributed by atoms with Crippen LogP contribution in [0.25, 0.3) is 0 Å². The molecule has 0 spiro atoms. The minimum Gasteiger partial charge on any atom is -0.491 e. The predicted molar refractivity (Wildman–Crippen MR) is 59.0 cm³/mol. The standard InChI is InChI=1S/C12H18O3/c1-2-3-10-4-6-12(7-5-10)15-9-11(14)8-13/h4-7,11,13-14H,2-3,8-9H2,1H3. The first kappa shape index (κ1) is 12.0. The molecule has 0 aliphatic carbocycles. The van der Waals surface area contributed by atoms with Crippen LogP contribution in [0.15, 0.2) is 24.3 Å². The molecule has 15 heavy (non-hydrogen) atoms. The van der Waals surface area contributed by atoms with Gasteiger partial charge in [-0.3, -0.25) is 0 Å². The van der Waals surface area contributed by atoms with Crippen LogP contribution in [0, 0.1) is 0 Å². The van der Waals surface area contributed by atoms with E-state index < -0.39 is 6.10 Å². The van der Waals surface area contributed by atoms with Crippen molar-refractivity contribution in [3.05, 3.63) is 29.8 Å². The van der Waals surface area contributed by atoms with Gasteiger partial charge in [-0.1, -0.05) is 25.5 Å². The Labute approximate surface area is 90.3 Å². The summed E-state index contributed by atoms with van der Waals surface area (Å²) >= 11 is 0. The maximum absolute atomic E-state index is 9.08. The quantitative estimate of drug-likeness (QED) is 0.745. The van der Waals surface area contributed by atoms with Crippen molar-refractivity contribution >= 4 is 0 Å². The van der Waals surface area contributed by atoms with Crippen LogP contribution < -0.4 is 4.74 Å². The van der Waals surface area contributed by atoms with Crippen molar-refractivity contribution in [2.75, 3.05) is 13.2 Å². The molecule has 84 valence electrons. The molecule has 0 heterocycles. The van der Waals surface area contributed by atoms with E-state index in [2.05, 4.69) is 6.92 Å². The van der Waals surface area contributed by atoms with Gasteiger partial charge < -0.3 is 14.9 Å². The molecule has 3 heteroatoms. The number of aryl methyl sites for hydroxylation is 1. The van der Waals surface area contributed by atoms with Crippen LogP contribution in [-0.4, -0.2) is 29.5 Å². The topological polar surface area (TPSA) is 49.7 Å². The lowest BCUT2D eigenvalue weighted by molar-refractivity contribution is 0.0536. The second kappa shape index (κ2) is 6.43. The molecule has 1 atom stereocenters. The molecule has 0 saturated heterocycles. The summed E-state index contributed by atoms with van der Waals surface area (Å²) in [5.41, 5.74) is 1.28. The van der Waals surface area contributed by atoms with Gasteiger partial charge in [0.25, 0.3) is 0 Å². The minimum absolute atomic E-state index is 0.129. The average molecular weight is 210 g/mol. The van der Waals surface area contributed by atoms with Gasteiger partial charge in [0.1, 0.15) is 18.5 Å². The zero-order chi connectivity index (χ0) is 11.1. The van der Waals surface area contributed by atoms with E-state index in [1.54, 1.807) is 0 Å². The van der Waals surface area contributed by atoms with Crippen molar-refractivity contribution < 1.29 is 14.9 Å². The van der Waals surface area contributed by atoms with E-state index in [0.29, 0.717) is 0 Å². The normalized spacial score (nSPS) is 12.5. The molecule has 1 unspecified atom stereocenters. The van der Waals surface area contributed by atoms with E-state index in [-0.39, 0.29) is 13.2 Å². The monoisotopic (exact) mass is 210 g/mol. The van der Waals surface area contributed by atoms with Crippen molar-refractivity contribution in [1.29, 1.82) is 0 Å². The lowest BCUT2D eigenvalue weighted by atomic mass is 10.1. The van der Waals surface area contributed by atoms with Crippen LogP contribution in [0.4, 0.5) is 0 Å².